The summed E-state index contributed by atoms with van der Waals surface area (Å²) in [6.45, 7) is 7.39. The van der Waals surface area contributed by atoms with E-state index in [0.29, 0.717) is 31.9 Å². The second-order valence-electron chi connectivity index (χ2n) is 11.6. The smallest absolute Gasteiger partial charge is 0.416 e. The number of carbonyl (C=O) groups is 1. The largest absolute Gasteiger partial charge is 0.462 e. The molecule has 1 amide bonds. The summed E-state index contributed by atoms with van der Waals surface area (Å²) in [5.74, 6) is -1.49. The highest BCUT2D eigenvalue weighted by Crippen LogP contribution is 2.37. The summed E-state index contributed by atoms with van der Waals surface area (Å²) in [7, 11) is 1.19. The van der Waals surface area contributed by atoms with Gasteiger partial charge in [-0.2, -0.15) is 31.3 Å². The van der Waals surface area contributed by atoms with E-state index in [0.717, 1.165) is 69.2 Å². The maximum atomic E-state index is 13.8. The molecule has 3 aromatic rings. The quantitative estimate of drug-likeness (QED) is 0.278. The fourth-order valence-electron chi connectivity index (χ4n) is 5.20. The van der Waals surface area contributed by atoms with Crippen molar-refractivity contribution in [2.75, 3.05) is 86.0 Å². The van der Waals surface area contributed by atoms with Gasteiger partial charge in [0.05, 0.1) is 60.4 Å². The molecule has 0 spiro atoms. The summed E-state index contributed by atoms with van der Waals surface area (Å²) in [5.41, 5.74) is -3.53. The van der Waals surface area contributed by atoms with Crippen molar-refractivity contribution in [3.63, 3.8) is 0 Å². The molecule has 18 heteroatoms. The van der Waals surface area contributed by atoms with Gasteiger partial charge < -0.3 is 24.2 Å². The van der Waals surface area contributed by atoms with Crippen molar-refractivity contribution in [1.82, 2.24) is 24.7 Å². The fraction of sp³-hybridized carbons (Fsp3) is 0.485. The number of hydrogen-bond donors (Lipinski definition) is 1. The zero-order valence-corrected chi connectivity index (χ0v) is 28.3. The Morgan fingerprint density at radius 3 is 2.02 bits per heavy atom. The van der Waals surface area contributed by atoms with Crippen LogP contribution >= 0.6 is 11.6 Å². The van der Waals surface area contributed by atoms with Crippen LogP contribution in [0.1, 0.15) is 27.0 Å². The molecule has 0 radical (unpaired) electrons. The van der Waals surface area contributed by atoms with Crippen LogP contribution in [0.15, 0.2) is 42.6 Å². The third kappa shape index (κ3) is 12.0. The number of rotatable bonds is 10. The molecule has 0 saturated carbocycles. The molecule has 2 aliphatic heterocycles. The van der Waals surface area contributed by atoms with E-state index >= 15 is 0 Å². The van der Waals surface area contributed by atoms with E-state index in [9.17, 15) is 35.5 Å². The molecule has 5 rings (SSSR count). The maximum absolute atomic E-state index is 13.8. The van der Waals surface area contributed by atoms with Crippen LogP contribution in [0.2, 0.25) is 5.02 Å². The summed E-state index contributed by atoms with van der Waals surface area (Å²) in [4.78, 5) is 27.0. The number of carbonyl (C=O) groups excluding carboxylic acids is 1. The second-order valence-corrected chi connectivity index (χ2v) is 12.0. The molecule has 0 atom stereocenters. The molecule has 2 aliphatic rings. The van der Waals surface area contributed by atoms with Crippen LogP contribution in [-0.2, 0) is 28.4 Å². The molecule has 10 nitrogen and oxygen atoms in total. The summed E-state index contributed by atoms with van der Waals surface area (Å²) in [6, 6.07) is 4.32. The van der Waals surface area contributed by atoms with E-state index in [1.807, 2.05) is 0 Å². The number of morpholine rings is 2. The number of aromatic nitrogens is 2. The van der Waals surface area contributed by atoms with Crippen molar-refractivity contribution in [1.29, 1.82) is 0 Å². The van der Waals surface area contributed by atoms with Gasteiger partial charge in [0.2, 0.25) is 0 Å². The van der Waals surface area contributed by atoms with Gasteiger partial charge in [-0.25, -0.2) is 9.37 Å². The molecule has 0 bridgehead atoms. The highest BCUT2D eigenvalue weighted by Gasteiger charge is 2.37. The minimum absolute atomic E-state index is 0.00554. The molecule has 2 saturated heterocycles. The summed E-state index contributed by atoms with van der Waals surface area (Å²) in [5, 5.41) is 8.44. The van der Waals surface area contributed by atoms with Crippen molar-refractivity contribution in [3.05, 3.63) is 75.7 Å². The lowest BCUT2D eigenvalue weighted by Crippen LogP contribution is -2.38. The van der Waals surface area contributed by atoms with Crippen LogP contribution < -0.4 is 4.74 Å². The Bertz CT molecular complexity index is 1570. The summed E-state index contributed by atoms with van der Waals surface area (Å²) < 4.78 is 110. The van der Waals surface area contributed by atoms with E-state index in [1.54, 1.807) is 0 Å². The number of benzene rings is 2. The molecule has 2 aromatic carbocycles. The van der Waals surface area contributed by atoms with Crippen molar-refractivity contribution in [2.24, 2.45) is 0 Å². The molecule has 0 unspecified atom stereocenters. The number of alkyl halides is 6. The van der Waals surface area contributed by atoms with Gasteiger partial charge in [0.15, 0.2) is 0 Å². The Hall–Kier alpha value is -3.61. The van der Waals surface area contributed by atoms with Crippen LogP contribution in [-0.4, -0.2) is 122 Å². The lowest BCUT2D eigenvalue weighted by Gasteiger charge is -2.26. The predicted molar refractivity (Wildman–Crippen MR) is 172 cm³/mol. The normalized spacial score (nSPS) is 16.0. The molecular weight excluding hydrogens is 715 g/mol. The maximum Gasteiger partial charge on any atom is 0.416 e. The number of ether oxygens (including phenoxy) is 3. The number of hydrogen-bond acceptors (Lipinski definition) is 9. The van der Waals surface area contributed by atoms with E-state index in [1.165, 1.54) is 13.1 Å². The first kappa shape index (κ1) is 40.2. The summed E-state index contributed by atoms with van der Waals surface area (Å²) >= 11 is 6.23. The minimum Gasteiger partial charge on any atom is -0.462 e. The van der Waals surface area contributed by atoms with E-state index < -0.39 is 47.3 Å². The Morgan fingerprint density at radius 2 is 1.49 bits per heavy atom. The highest BCUT2D eigenvalue weighted by atomic mass is 35.5. The van der Waals surface area contributed by atoms with Gasteiger partial charge >= 0.3 is 18.4 Å². The molecule has 1 aromatic heterocycles. The van der Waals surface area contributed by atoms with E-state index in [-0.39, 0.29) is 47.1 Å². The Labute approximate surface area is 294 Å². The van der Waals surface area contributed by atoms with Gasteiger partial charge in [0, 0.05) is 64.6 Å². The van der Waals surface area contributed by atoms with Gasteiger partial charge in [-0.05, 0) is 42.0 Å². The van der Waals surface area contributed by atoms with Crippen LogP contribution in [0.25, 0.3) is 11.3 Å². The minimum atomic E-state index is -5.05. The SMILES string of the molecule is CN(Cc1cc(C(F)(F)F)cc(C(F)(F)F)c1)C(=O)c1cnc(OCCN2CCOCC2)nc1-c1ccc(F)cc1Cl.OCCN1CCOCC1. The molecule has 0 aliphatic carbocycles. The number of amides is 1. The zero-order valence-electron chi connectivity index (χ0n) is 27.6. The zero-order chi connectivity index (χ0) is 37.2. The van der Waals surface area contributed by atoms with Crippen LogP contribution in [0.5, 0.6) is 6.01 Å². The Kier molecular flexibility index (Phi) is 14.4. The average Bonchev–Trinajstić information content (AvgIpc) is 3.08. The number of nitrogens with zero attached hydrogens (tertiary/aromatic N) is 5. The molecule has 51 heavy (non-hydrogen) atoms. The first-order chi connectivity index (χ1) is 24.2. The predicted octanol–water partition coefficient (Wildman–Crippen LogP) is 5.27. The van der Waals surface area contributed by atoms with Gasteiger partial charge in [0.25, 0.3) is 5.91 Å². The van der Waals surface area contributed by atoms with Crippen LogP contribution in [0.3, 0.4) is 0 Å². The van der Waals surface area contributed by atoms with Crippen LogP contribution in [0, 0.1) is 5.82 Å². The van der Waals surface area contributed by atoms with Gasteiger partial charge in [0.1, 0.15) is 12.4 Å². The Morgan fingerprint density at radius 1 is 0.922 bits per heavy atom. The third-order valence-electron chi connectivity index (χ3n) is 7.86. The topological polar surface area (TPSA) is 100 Å². The fourth-order valence-corrected chi connectivity index (χ4v) is 5.45. The molecule has 1 N–H and O–H groups in total. The van der Waals surface area contributed by atoms with Crippen molar-refractivity contribution < 1.29 is 54.8 Å². The number of aliphatic hydroxyl groups excluding tert-OH is 1. The van der Waals surface area contributed by atoms with Crippen molar-refractivity contribution >= 4 is 17.5 Å². The second kappa shape index (κ2) is 18.2. The lowest BCUT2D eigenvalue weighted by atomic mass is 10.0. The monoisotopic (exact) mass is 751 g/mol. The van der Waals surface area contributed by atoms with E-state index in [4.69, 9.17) is 30.9 Å². The van der Waals surface area contributed by atoms with Crippen molar-refractivity contribution in [3.8, 4) is 17.3 Å². The first-order valence-corrected chi connectivity index (χ1v) is 16.2. The van der Waals surface area contributed by atoms with E-state index in [2.05, 4.69) is 19.8 Å². The lowest BCUT2D eigenvalue weighted by molar-refractivity contribution is -0.143. The molecule has 280 valence electrons. The number of aliphatic hydroxyl groups is 1. The molecule has 2 fully saturated rings. The van der Waals surface area contributed by atoms with Gasteiger partial charge in [-0.3, -0.25) is 14.6 Å². The average molecular weight is 752 g/mol. The highest BCUT2D eigenvalue weighted by molar-refractivity contribution is 6.33. The molecule has 3 heterocycles. The van der Waals surface area contributed by atoms with Gasteiger partial charge in [-0.15, -0.1) is 0 Å². The van der Waals surface area contributed by atoms with Crippen LogP contribution in [0.4, 0.5) is 30.7 Å². The first-order valence-electron chi connectivity index (χ1n) is 15.9. The van der Waals surface area contributed by atoms with Gasteiger partial charge in [-0.1, -0.05) is 11.6 Å². The Balaban J connectivity index is 0.000000563. The third-order valence-corrected chi connectivity index (χ3v) is 8.17. The number of halogens is 8. The number of β-amino-alcohol motifs (C(OH)–C–C–N with tert-alkyl or cyclic N) is 1. The summed E-state index contributed by atoms with van der Waals surface area (Å²) in [6.07, 6.45) is -8.98. The molecular formula is C33H37ClF7N5O5. The standard InChI is InChI=1S/C27H24ClF7N4O3.C6H13NO2/c1-38(15-16-10-17(26(30,31)32)12-18(11-16)27(33,34)35)24(40)21-14-36-25(42-9-6-39-4-7-41-8-5-39)37-23(21)20-3-2-19(29)13-22(20)28;8-4-1-7-2-5-9-6-3-7/h2-3,10-14H,4-9,15H2,1H3;8H,1-6H2. The van der Waals surface area contributed by atoms with Crippen molar-refractivity contribution in [2.45, 2.75) is 18.9 Å².